The van der Waals surface area contributed by atoms with E-state index in [2.05, 4.69) is 136 Å². The average Bonchev–Trinajstić information content (AvgIpc) is 2.75. The summed E-state index contributed by atoms with van der Waals surface area (Å²) in [5.74, 6) is 0. The molecular formula is C28H36Si2. The predicted octanol–water partition coefficient (Wildman–Crippen LogP) is 7.63. The topological polar surface area (TPSA) is 0 Å². The van der Waals surface area contributed by atoms with Gasteiger partial charge in [-0.05, 0) is 29.6 Å². The first-order chi connectivity index (χ1) is 14.4. The van der Waals surface area contributed by atoms with Gasteiger partial charge in [-0.2, -0.15) is 0 Å². The lowest BCUT2D eigenvalue weighted by molar-refractivity contribution is 0.975. The summed E-state index contributed by atoms with van der Waals surface area (Å²) in [5, 5.41) is 1.57. The largest absolute Gasteiger partial charge is 0.0917 e. The van der Waals surface area contributed by atoms with Crippen LogP contribution in [0.3, 0.4) is 0 Å². The maximum atomic E-state index is 2.61. The third-order valence-corrected chi connectivity index (χ3v) is 14.9. The van der Waals surface area contributed by atoms with Gasteiger partial charge in [0.25, 0.3) is 0 Å². The molecule has 0 radical (unpaired) electrons. The summed E-state index contributed by atoms with van der Waals surface area (Å²) in [6, 6.07) is 34.9. The van der Waals surface area contributed by atoms with Crippen LogP contribution in [0.1, 0.15) is 23.6 Å². The lowest BCUT2D eigenvalue weighted by Crippen LogP contribution is -2.48. The first kappa shape index (κ1) is 22.5. The Bertz CT molecular complexity index is 889. The molecule has 0 bridgehead atoms. The Morgan fingerprint density at radius 3 is 1.53 bits per heavy atom. The van der Waals surface area contributed by atoms with Crippen LogP contribution in [0.5, 0.6) is 0 Å². The number of hydrogen-bond acceptors (Lipinski definition) is 0. The zero-order valence-electron chi connectivity index (χ0n) is 19.2. The Kier molecular flexibility index (Phi) is 7.33. The second kappa shape index (κ2) is 9.76. The molecule has 2 heteroatoms. The first-order valence-electron chi connectivity index (χ1n) is 11.1. The van der Waals surface area contributed by atoms with Gasteiger partial charge >= 0.3 is 0 Å². The van der Waals surface area contributed by atoms with Crippen LogP contribution >= 0.6 is 0 Å². The summed E-state index contributed by atoms with van der Waals surface area (Å²) in [6.45, 7) is 12.5. The Labute approximate surface area is 185 Å². The van der Waals surface area contributed by atoms with Crippen molar-refractivity contribution in [1.82, 2.24) is 0 Å². The molecule has 0 aliphatic rings. The highest BCUT2D eigenvalue weighted by atomic mass is 28.3. The molecule has 3 aromatic carbocycles. The van der Waals surface area contributed by atoms with Crippen LogP contribution < -0.4 is 5.19 Å². The molecule has 0 amide bonds. The fraction of sp³-hybridized carbons (Fsp3) is 0.286. The highest BCUT2D eigenvalue weighted by molar-refractivity contribution is 6.92. The lowest BCUT2D eigenvalue weighted by Gasteiger charge is -2.42. The molecular weight excluding hydrogens is 392 g/mol. The van der Waals surface area contributed by atoms with E-state index < -0.39 is 16.1 Å². The number of allylic oxidation sites excluding steroid dienone is 2. The van der Waals surface area contributed by atoms with Gasteiger partial charge in [-0.3, -0.25) is 0 Å². The van der Waals surface area contributed by atoms with Crippen LogP contribution in [0.15, 0.2) is 103 Å². The van der Waals surface area contributed by atoms with Crippen LogP contribution in [0.25, 0.3) is 0 Å². The molecule has 1 atom stereocenters. The molecule has 0 aliphatic heterocycles. The van der Waals surface area contributed by atoms with Gasteiger partial charge in [-0.1, -0.05) is 135 Å². The summed E-state index contributed by atoms with van der Waals surface area (Å²) in [4.78, 5) is 0. The second-order valence-corrected chi connectivity index (χ2v) is 19.4. The van der Waals surface area contributed by atoms with Crippen molar-refractivity contribution in [3.63, 3.8) is 0 Å². The normalized spacial score (nSPS) is 13.7. The molecule has 0 aromatic heterocycles. The standard InChI is InChI=1S/C28H36Si2/c1-6-16-27(23-29(2,3)26-21-14-9-15-22-26)30(4,5)28(24-17-10-7-11-18-24)25-19-12-8-13-20-25/h6-22,27-28H,23H2,1-5H3/b16-6+. The van der Waals surface area contributed by atoms with E-state index in [0.29, 0.717) is 11.1 Å². The maximum absolute atomic E-state index is 2.61. The van der Waals surface area contributed by atoms with Crippen molar-refractivity contribution >= 4 is 21.3 Å². The molecule has 0 nitrogen and oxygen atoms in total. The van der Waals surface area contributed by atoms with Gasteiger partial charge < -0.3 is 0 Å². The third-order valence-electron chi connectivity index (χ3n) is 6.68. The zero-order chi connectivity index (χ0) is 21.6. The molecule has 1 unspecified atom stereocenters. The van der Waals surface area contributed by atoms with Gasteiger partial charge in [0.1, 0.15) is 0 Å². The van der Waals surface area contributed by atoms with E-state index in [4.69, 9.17) is 0 Å². The average molecular weight is 429 g/mol. The summed E-state index contributed by atoms with van der Waals surface area (Å²) in [5.41, 5.74) is 4.06. The second-order valence-electron chi connectivity index (χ2n) is 9.66. The van der Waals surface area contributed by atoms with Crippen molar-refractivity contribution in [1.29, 1.82) is 0 Å². The Hall–Kier alpha value is -2.17. The Morgan fingerprint density at radius 1 is 0.667 bits per heavy atom. The summed E-state index contributed by atoms with van der Waals surface area (Å²) in [6.07, 6.45) is 4.82. The fourth-order valence-corrected chi connectivity index (χ4v) is 14.3. The molecule has 0 saturated heterocycles. The quantitative estimate of drug-likeness (QED) is 0.255. The van der Waals surface area contributed by atoms with Crippen LogP contribution in [0, 0.1) is 0 Å². The summed E-state index contributed by atoms with van der Waals surface area (Å²) < 4.78 is 0. The van der Waals surface area contributed by atoms with Crippen molar-refractivity contribution in [2.24, 2.45) is 0 Å². The molecule has 30 heavy (non-hydrogen) atoms. The van der Waals surface area contributed by atoms with Gasteiger partial charge in [0, 0.05) is 5.54 Å². The summed E-state index contributed by atoms with van der Waals surface area (Å²) in [7, 11) is -3.31. The molecule has 0 heterocycles. The molecule has 0 N–H and O–H groups in total. The monoisotopic (exact) mass is 428 g/mol. The van der Waals surface area contributed by atoms with Gasteiger partial charge in [-0.25, -0.2) is 0 Å². The van der Waals surface area contributed by atoms with Crippen molar-refractivity contribution in [2.75, 3.05) is 0 Å². The fourth-order valence-electron chi connectivity index (χ4n) is 4.92. The van der Waals surface area contributed by atoms with E-state index >= 15 is 0 Å². The minimum atomic E-state index is -1.76. The van der Waals surface area contributed by atoms with Gasteiger partial charge in [-0.15, -0.1) is 0 Å². The van der Waals surface area contributed by atoms with E-state index in [1.807, 2.05) is 0 Å². The van der Waals surface area contributed by atoms with Crippen molar-refractivity contribution < 1.29 is 0 Å². The zero-order valence-corrected chi connectivity index (χ0v) is 21.2. The van der Waals surface area contributed by atoms with Crippen LogP contribution in [0.2, 0.25) is 37.8 Å². The van der Waals surface area contributed by atoms with Crippen LogP contribution in [-0.2, 0) is 0 Å². The van der Waals surface area contributed by atoms with E-state index in [-0.39, 0.29) is 0 Å². The molecule has 156 valence electrons. The number of benzene rings is 3. The van der Waals surface area contributed by atoms with Crippen molar-refractivity contribution in [2.45, 2.75) is 50.2 Å². The lowest BCUT2D eigenvalue weighted by atomic mass is 10.0. The van der Waals surface area contributed by atoms with Gasteiger partial charge in [0.15, 0.2) is 0 Å². The van der Waals surface area contributed by atoms with Gasteiger partial charge in [0.05, 0.1) is 16.1 Å². The highest BCUT2D eigenvalue weighted by Gasteiger charge is 2.42. The van der Waals surface area contributed by atoms with E-state index in [1.165, 1.54) is 17.2 Å². The third kappa shape index (κ3) is 5.11. The van der Waals surface area contributed by atoms with Crippen molar-refractivity contribution in [3.05, 3.63) is 114 Å². The minimum absolute atomic E-state index is 0.488. The minimum Gasteiger partial charge on any atom is -0.0917 e. The SMILES string of the molecule is C/C=C/C(C[Si](C)(C)c1ccccc1)[Si](C)(C)C(c1ccccc1)c1ccccc1. The highest BCUT2D eigenvalue weighted by Crippen LogP contribution is 2.44. The molecule has 0 saturated carbocycles. The molecule has 3 aromatic rings. The number of rotatable bonds is 8. The predicted molar refractivity (Wildman–Crippen MR) is 139 cm³/mol. The van der Waals surface area contributed by atoms with Crippen molar-refractivity contribution in [3.8, 4) is 0 Å². The Morgan fingerprint density at radius 2 is 1.10 bits per heavy atom. The van der Waals surface area contributed by atoms with E-state index in [0.717, 1.165) is 0 Å². The van der Waals surface area contributed by atoms with Gasteiger partial charge in [0.2, 0.25) is 0 Å². The van der Waals surface area contributed by atoms with Crippen LogP contribution in [-0.4, -0.2) is 16.1 Å². The smallest absolute Gasteiger partial charge is 0.0809 e. The molecule has 3 rings (SSSR count). The van der Waals surface area contributed by atoms with E-state index in [9.17, 15) is 0 Å². The van der Waals surface area contributed by atoms with E-state index in [1.54, 1.807) is 5.19 Å². The number of hydrogen-bond donors (Lipinski definition) is 0. The first-order valence-corrected chi connectivity index (χ1v) is 17.5. The van der Waals surface area contributed by atoms with Crippen LogP contribution in [0.4, 0.5) is 0 Å². The summed E-state index contributed by atoms with van der Waals surface area (Å²) >= 11 is 0. The molecule has 0 spiro atoms. The molecule has 0 fully saturated rings. The molecule has 0 aliphatic carbocycles. The maximum Gasteiger partial charge on any atom is 0.0809 e. The Balaban J connectivity index is 2.04.